The number of amides is 3. The molecular weight excluding hydrogens is 354 g/mol. The van der Waals surface area contributed by atoms with Gasteiger partial charge in [-0.1, -0.05) is 25.1 Å². The van der Waals surface area contributed by atoms with Crippen molar-refractivity contribution in [2.45, 2.75) is 13.3 Å². The van der Waals surface area contributed by atoms with Gasteiger partial charge in [0.2, 0.25) is 0 Å². The van der Waals surface area contributed by atoms with Crippen molar-refractivity contribution in [1.82, 2.24) is 15.1 Å². The molecule has 2 N–H and O–H groups in total. The van der Waals surface area contributed by atoms with Crippen molar-refractivity contribution in [2.75, 3.05) is 23.3 Å². The fourth-order valence-corrected chi connectivity index (χ4v) is 3.34. The molecule has 28 heavy (non-hydrogen) atoms. The van der Waals surface area contributed by atoms with Crippen LogP contribution in [0.3, 0.4) is 0 Å². The van der Waals surface area contributed by atoms with Crippen molar-refractivity contribution >= 4 is 23.3 Å². The van der Waals surface area contributed by atoms with Crippen LogP contribution in [-0.4, -0.2) is 34.8 Å². The summed E-state index contributed by atoms with van der Waals surface area (Å²) in [6.45, 7) is 3.29. The monoisotopic (exact) mass is 375 g/mol. The fraction of sp³-hybridized carbons (Fsp3) is 0.190. The lowest BCUT2D eigenvalue weighted by molar-refractivity contribution is 0.102. The Balaban J connectivity index is 1.52. The molecule has 3 amide bonds. The number of hydrogen-bond donors (Lipinski definition) is 2. The third kappa shape index (κ3) is 3.34. The second-order valence-corrected chi connectivity index (χ2v) is 6.49. The molecule has 7 nitrogen and oxygen atoms in total. The first-order valence-electron chi connectivity index (χ1n) is 9.26. The SMILES string of the molecule is CCc1c(C(=O)Nc2ccc(N3CCNC3=O)cc2)cnn1-c1ccccc1. The van der Waals surface area contributed by atoms with Gasteiger partial charge in [-0.3, -0.25) is 9.69 Å². The average Bonchev–Trinajstić information content (AvgIpc) is 3.35. The van der Waals surface area contributed by atoms with E-state index < -0.39 is 0 Å². The fourth-order valence-electron chi connectivity index (χ4n) is 3.34. The molecule has 0 bridgehead atoms. The minimum Gasteiger partial charge on any atom is -0.336 e. The normalized spacial score (nSPS) is 13.5. The Bertz CT molecular complexity index is 995. The molecule has 1 fully saturated rings. The van der Waals surface area contributed by atoms with Crippen LogP contribution >= 0.6 is 0 Å². The number of aromatic nitrogens is 2. The van der Waals surface area contributed by atoms with Crippen LogP contribution in [0.5, 0.6) is 0 Å². The molecule has 142 valence electrons. The van der Waals surface area contributed by atoms with E-state index in [1.807, 2.05) is 49.4 Å². The van der Waals surface area contributed by atoms with Gasteiger partial charge in [0.25, 0.3) is 5.91 Å². The summed E-state index contributed by atoms with van der Waals surface area (Å²) in [5.41, 5.74) is 3.80. The Labute approximate surface area is 163 Å². The van der Waals surface area contributed by atoms with Crippen molar-refractivity contribution in [1.29, 1.82) is 0 Å². The zero-order valence-corrected chi connectivity index (χ0v) is 15.6. The molecule has 0 atom stereocenters. The topological polar surface area (TPSA) is 79.3 Å². The van der Waals surface area contributed by atoms with Crippen LogP contribution in [0.25, 0.3) is 5.69 Å². The van der Waals surface area contributed by atoms with E-state index in [9.17, 15) is 9.59 Å². The lowest BCUT2D eigenvalue weighted by Gasteiger charge is -2.14. The van der Waals surface area contributed by atoms with E-state index in [0.717, 1.165) is 17.1 Å². The molecule has 0 unspecified atom stereocenters. The second-order valence-electron chi connectivity index (χ2n) is 6.49. The Hall–Kier alpha value is -3.61. The molecule has 1 aliphatic heterocycles. The van der Waals surface area contributed by atoms with Crippen molar-refractivity contribution in [3.8, 4) is 5.69 Å². The first kappa shape index (κ1) is 17.8. The van der Waals surface area contributed by atoms with Gasteiger partial charge in [-0.2, -0.15) is 5.10 Å². The Kier molecular flexibility index (Phi) is 4.80. The van der Waals surface area contributed by atoms with E-state index in [0.29, 0.717) is 30.8 Å². The van der Waals surface area contributed by atoms with Crippen LogP contribution in [-0.2, 0) is 6.42 Å². The highest BCUT2D eigenvalue weighted by Gasteiger charge is 2.21. The first-order valence-corrected chi connectivity index (χ1v) is 9.26. The molecule has 0 spiro atoms. The summed E-state index contributed by atoms with van der Waals surface area (Å²) < 4.78 is 1.80. The zero-order chi connectivity index (χ0) is 19.5. The summed E-state index contributed by atoms with van der Waals surface area (Å²) >= 11 is 0. The minimum atomic E-state index is -0.203. The highest BCUT2D eigenvalue weighted by atomic mass is 16.2. The number of benzene rings is 2. The maximum atomic E-state index is 12.8. The van der Waals surface area contributed by atoms with Gasteiger partial charge in [0.1, 0.15) is 0 Å². The number of para-hydroxylation sites is 1. The Morgan fingerprint density at radius 1 is 1.11 bits per heavy atom. The van der Waals surface area contributed by atoms with Crippen molar-refractivity contribution in [3.05, 3.63) is 72.1 Å². The number of nitrogens with one attached hydrogen (secondary N) is 2. The molecule has 1 saturated heterocycles. The van der Waals surface area contributed by atoms with E-state index in [1.165, 1.54) is 0 Å². The van der Waals surface area contributed by atoms with E-state index >= 15 is 0 Å². The number of nitrogens with zero attached hydrogens (tertiary/aromatic N) is 3. The molecular formula is C21H21N5O2. The molecule has 0 radical (unpaired) electrons. The number of hydrogen-bond acceptors (Lipinski definition) is 3. The molecule has 7 heteroatoms. The van der Waals surface area contributed by atoms with E-state index in [-0.39, 0.29) is 11.9 Å². The van der Waals surface area contributed by atoms with E-state index in [4.69, 9.17) is 0 Å². The Morgan fingerprint density at radius 2 is 1.86 bits per heavy atom. The van der Waals surface area contributed by atoms with Crippen LogP contribution in [0.4, 0.5) is 16.2 Å². The first-order chi connectivity index (χ1) is 13.7. The molecule has 3 aromatic rings. The van der Waals surface area contributed by atoms with Gasteiger partial charge >= 0.3 is 6.03 Å². The van der Waals surface area contributed by atoms with Crippen molar-refractivity contribution in [3.63, 3.8) is 0 Å². The van der Waals surface area contributed by atoms with Crippen LogP contribution in [0.1, 0.15) is 23.0 Å². The minimum absolute atomic E-state index is 0.0994. The highest BCUT2D eigenvalue weighted by Crippen LogP contribution is 2.21. The molecule has 0 aliphatic carbocycles. The number of anilines is 2. The number of carbonyl (C=O) groups is 2. The van der Waals surface area contributed by atoms with Crippen LogP contribution < -0.4 is 15.5 Å². The third-order valence-electron chi connectivity index (χ3n) is 4.74. The molecule has 2 aromatic carbocycles. The highest BCUT2D eigenvalue weighted by molar-refractivity contribution is 6.05. The van der Waals surface area contributed by atoms with E-state index in [2.05, 4.69) is 15.7 Å². The van der Waals surface area contributed by atoms with Crippen LogP contribution in [0.15, 0.2) is 60.8 Å². The van der Waals surface area contributed by atoms with Gasteiger partial charge in [-0.25, -0.2) is 9.48 Å². The van der Waals surface area contributed by atoms with Crippen molar-refractivity contribution in [2.24, 2.45) is 0 Å². The molecule has 4 rings (SSSR count). The van der Waals surface area contributed by atoms with Gasteiger partial charge < -0.3 is 10.6 Å². The van der Waals surface area contributed by atoms with Crippen LogP contribution in [0.2, 0.25) is 0 Å². The quantitative estimate of drug-likeness (QED) is 0.719. The predicted octanol–water partition coefficient (Wildman–Crippen LogP) is 3.22. The molecule has 1 aliphatic rings. The van der Waals surface area contributed by atoms with Gasteiger partial charge in [0, 0.05) is 24.5 Å². The summed E-state index contributed by atoms with van der Waals surface area (Å²) in [4.78, 5) is 26.2. The summed E-state index contributed by atoms with van der Waals surface area (Å²) in [5.74, 6) is -0.203. The van der Waals surface area contributed by atoms with Gasteiger partial charge in [-0.15, -0.1) is 0 Å². The van der Waals surface area contributed by atoms with E-state index in [1.54, 1.807) is 27.9 Å². The number of rotatable bonds is 5. The van der Waals surface area contributed by atoms with Gasteiger partial charge in [-0.05, 0) is 42.8 Å². The van der Waals surface area contributed by atoms with Crippen LogP contribution in [0, 0.1) is 0 Å². The summed E-state index contributed by atoms with van der Waals surface area (Å²) in [7, 11) is 0. The standard InChI is InChI=1S/C21H21N5O2/c1-2-19-18(14-23-26(19)17-6-4-3-5-7-17)20(27)24-15-8-10-16(11-9-15)25-13-12-22-21(25)28/h3-11,14H,2,12-13H2,1H3,(H,22,28)(H,24,27). The smallest absolute Gasteiger partial charge is 0.321 e. The lowest BCUT2D eigenvalue weighted by Crippen LogP contribution is -2.27. The average molecular weight is 375 g/mol. The molecule has 0 saturated carbocycles. The summed E-state index contributed by atoms with van der Waals surface area (Å²) in [6, 6.07) is 16.9. The largest absolute Gasteiger partial charge is 0.336 e. The van der Waals surface area contributed by atoms with Gasteiger partial charge in [0.05, 0.1) is 23.1 Å². The Morgan fingerprint density at radius 3 is 2.50 bits per heavy atom. The molecule has 2 heterocycles. The molecule has 1 aromatic heterocycles. The lowest BCUT2D eigenvalue weighted by atomic mass is 10.1. The maximum absolute atomic E-state index is 12.8. The summed E-state index contributed by atoms with van der Waals surface area (Å²) in [5, 5.41) is 10.1. The van der Waals surface area contributed by atoms with Crippen molar-refractivity contribution < 1.29 is 9.59 Å². The summed E-state index contributed by atoms with van der Waals surface area (Å²) in [6.07, 6.45) is 2.28. The van der Waals surface area contributed by atoms with Gasteiger partial charge in [0.15, 0.2) is 0 Å². The predicted molar refractivity (Wildman–Crippen MR) is 108 cm³/mol. The zero-order valence-electron chi connectivity index (χ0n) is 15.6. The number of carbonyl (C=O) groups excluding carboxylic acids is 2. The third-order valence-corrected chi connectivity index (χ3v) is 4.74. The second kappa shape index (κ2) is 7.56. The maximum Gasteiger partial charge on any atom is 0.321 e. The number of urea groups is 1.